The lowest BCUT2D eigenvalue weighted by Gasteiger charge is -2.15. The zero-order chi connectivity index (χ0) is 21.3. The standard InChI is InChI=1S/C19H23N3O6S/c1-13-10-16(14(2)20(13)3)18(23)12-28-19-7-6-15(11-17(19)22(24)25)29(26,27)21-8-4-5-9-21/h6-7,10-11H,4-5,8-9,12H2,1-3H3. The first-order chi connectivity index (χ1) is 13.6. The van der Waals surface area contributed by atoms with E-state index in [9.17, 15) is 23.3 Å². The second kappa shape index (κ2) is 7.96. The van der Waals surface area contributed by atoms with E-state index < -0.39 is 20.6 Å². The highest BCUT2D eigenvalue weighted by Gasteiger charge is 2.30. The molecule has 1 saturated heterocycles. The van der Waals surface area contributed by atoms with Gasteiger partial charge in [0.1, 0.15) is 0 Å². The lowest BCUT2D eigenvalue weighted by atomic mass is 10.1. The number of ether oxygens (including phenoxy) is 1. The second-order valence-electron chi connectivity index (χ2n) is 7.05. The molecule has 0 aliphatic carbocycles. The third-order valence-corrected chi connectivity index (χ3v) is 7.16. The normalized spacial score (nSPS) is 14.9. The van der Waals surface area contributed by atoms with Gasteiger partial charge in [0.15, 0.2) is 12.4 Å². The van der Waals surface area contributed by atoms with Crippen LogP contribution < -0.4 is 4.74 Å². The number of sulfonamides is 1. The van der Waals surface area contributed by atoms with Crippen molar-refractivity contribution in [3.63, 3.8) is 0 Å². The summed E-state index contributed by atoms with van der Waals surface area (Å²) >= 11 is 0. The van der Waals surface area contributed by atoms with Gasteiger partial charge < -0.3 is 9.30 Å². The molecule has 29 heavy (non-hydrogen) atoms. The first-order valence-electron chi connectivity index (χ1n) is 9.20. The number of Topliss-reactive ketones (excluding diaryl/α,β-unsaturated/α-hetero) is 1. The molecule has 0 atom stereocenters. The largest absolute Gasteiger partial charge is 0.478 e. The Morgan fingerprint density at radius 3 is 2.41 bits per heavy atom. The summed E-state index contributed by atoms with van der Waals surface area (Å²) in [5, 5.41) is 11.5. The number of nitro benzene ring substituents is 1. The smallest absolute Gasteiger partial charge is 0.312 e. The number of carbonyl (C=O) groups is 1. The van der Waals surface area contributed by atoms with Crippen LogP contribution in [0, 0.1) is 24.0 Å². The quantitative estimate of drug-likeness (QED) is 0.386. The maximum absolute atomic E-state index is 12.6. The summed E-state index contributed by atoms with van der Waals surface area (Å²) in [7, 11) is -1.95. The van der Waals surface area contributed by atoms with Crippen molar-refractivity contribution in [3.05, 3.63) is 51.3 Å². The minimum absolute atomic E-state index is 0.144. The third kappa shape index (κ3) is 4.03. The Labute approximate surface area is 169 Å². The Bertz CT molecular complexity index is 1070. The minimum atomic E-state index is -3.79. The molecule has 0 radical (unpaired) electrons. The number of hydrogen-bond donors (Lipinski definition) is 0. The van der Waals surface area contributed by atoms with Gasteiger partial charge in [-0.15, -0.1) is 0 Å². The second-order valence-corrected chi connectivity index (χ2v) is 8.99. The van der Waals surface area contributed by atoms with Gasteiger partial charge in [0.05, 0.1) is 9.82 Å². The molecule has 0 unspecified atom stereocenters. The molecule has 156 valence electrons. The molecule has 2 aromatic rings. The predicted octanol–water partition coefficient (Wildman–Crippen LogP) is 2.60. The number of rotatable bonds is 7. The third-order valence-electron chi connectivity index (χ3n) is 5.26. The van der Waals surface area contributed by atoms with E-state index in [-0.39, 0.29) is 23.0 Å². The number of nitro groups is 1. The maximum Gasteiger partial charge on any atom is 0.312 e. The number of aryl methyl sites for hydroxylation is 1. The Balaban J connectivity index is 1.83. The van der Waals surface area contributed by atoms with Crippen LogP contribution in [0.4, 0.5) is 5.69 Å². The van der Waals surface area contributed by atoms with Crippen LogP contribution in [0.5, 0.6) is 5.75 Å². The summed E-state index contributed by atoms with van der Waals surface area (Å²) in [6.07, 6.45) is 1.53. The fourth-order valence-corrected chi connectivity index (χ4v) is 4.90. The Kier molecular flexibility index (Phi) is 5.76. The molecule has 1 aromatic carbocycles. The molecule has 1 aliphatic rings. The molecule has 0 bridgehead atoms. The molecule has 2 heterocycles. The van der Waals surface area contributed by atoms with E-state index in [4.69, 9.17) is 4.74 Å². The monoisotopic (exact) mass is 421 g/mol. The SMILES string of the molecule is Cc1cc(C(=O)COc2ccc(S(=O)(=O)N3CCCC3)cc2[N+](=O)[O-])c(C)n1C. The Hall–Kier alpha value is -2.72. The van der Waals surface area contributed by atoms with Crippen LogP contribution in [0.1, 0.15) is 34.6 Å². The van der Waals surface area contributed by atoms with Gasteiger partial charge in [-0.25, -0.2) is 8.42 Å². The average molecular weight is 421 g/mol. The first kappa shape index (κ1) is 21.0. The van der Waals surface area contributed by atoms with Gasteiger partial charge in [-0.05, 0) is 44.9 Å². The molecule has 0 spiro atoms. The van der Waals surface area contributed by atoms with Crippen molar-refractivity contribution in [2.24, 2.45) is 7.05 Å². The van der Waals surface area contributed by atoms with E-state index in [1.54, 1.807) is 13.0 Å². The number of carbonyl (C=O) groups excluding carboxylic acids is 1. The first-order valence-corrected chi connectivity index (χ1v) is 10.6. The maximum atomic E-state index is 12.6. The topological polar surface area (TPSA) is 112 Å². The van der Waals surface area contributed by atoms with Crippen LogP contribution >= 0.6 is 0 Å². The van der Waals surface area contributed by atoms with Crippen LogP contribution in [0.15, 0.2) is 29.2 Å². The molecule has 3 rings (SSSR count). The summed E-state index contributed by atoms with van der Waals surface area (Å²) in [5.74, 6) is -0.455. The van der Waals surface area contributed by atoms with Crippen molar-refractivity contribution in [3.8, 4) is 5.75 Å². The van der Waals surface area contributed by atoms with Crippen molar-refractivity contribution >= 4 is 21.5 Å². The van der Waals surface area contributed by atoms with E-state index in [0.717, 1.165) is 30.3 Å². The fourth-order valence-electron chi connectivity index (χ4n) is 3.36. The van der Waals surface area contributed by atoms with Crippen molar-refractivity contribution in [2.75, 3.05) is 19.7 Å². The average Bonchev–Trinajstić information content (AvgIpc) is 3.31. The Morgan fingerprint density at radius 2 is 1.86 bits per heavy atom. The highest BCUT2D eigenvalue weighted by atomic mass is 32.2. The van der Waals surface area contributed by atoms with Gasteiger partial charge in [-0.1, -0.05) is 0 Å². The molecule has 9 nitrogen and oxygen atoms in total. The Morgan fingerprint density at radius 1 is 1.21 bits per heavy atom. The van der Waals surface area contributed by atoms with Gasteiger partial charge in [-0.2, -0.15) is 4.31 Å². The van der Waals surface area contributed by atoms with Crippen molar-refractivity contribution < 1.29 is 22.9 Å². The molecule has 0 amide bonds. The highest BCUT2D eigenvalue weighted by molar-refractivity contribution is 7.89. The number of ketones is 1. The molecule has 0 saturated carbocycles. The molecule has 10 heteroatoms. The van der Waals surface area contributed by atoms with Gasteiger partial charge in [-0.3, -0.25) is 14.9 Å². The highest BCUT2D eigenvalue weighted by Crippen LogP contribution is 2.32. The van der Waals surface area contributed by atoms with Gasteiger partial charge in [0, 0.05) is 43.2 Å². The van der Waals surface area contributed by atoms with E-state index in [1.165, 1.54) is 16.4 Å². The van der Waals surface area contributed by atoms with E-state index in [1.807, 2.05) is 18.5 Å². The summed E-state index contributed by atoms with van der Waals surface area (Å²) in [6.45, 7) is 4.09. The fraction of sp³-hybridized carbons (Fsp3) is 0.421. The molecule has 1 aliphatic heterocycles. The number of aromatic nitrogens is 1. The lowest BCUT2D eigenvalue weighted by molar-refractivity contribution is -0.386. The number of hydrogen-bond acceptors (Lipinski definition) is 6. The van der Waals surface area contributed by atoms with Crippen LogP contribution in [-0.4, -0.2) is 47.7 Å². The zero-order valence-corrected chi connectivity index (χ0v) is 17.4. The summed E-state index contributed by atoms with van der Waals surface area (Å²) in [4.78, 5) is 23.1. The zero-order valence-electron chi connectivity index (χ0n) is 16.5. The minimum Gasteiger partial charge on any atom is -0.478 e. The lowest BCUT2D eigenvalue weighted by Crippen LogP contribution is -2.27. The van der Waals surface area contributed by atoms with E-state index in [2.05, 4.69) is 0 Å². The summed E-state index contributed by atoms with van der Waals surface area (Å²) < 4.78 is 33.9. The summed E-state index contributed by atoms with van der Waals surface area (Å²) in [6, 6.07) is 5.24. The molecule has 0 N–H and O–H groups in total. The molecule has 1 aromatic heterocycles. The predicted molar refractivity (Wildman–Crippen MR) is 106 cm³/mol. The van der Waals surface area contributed by atoms with Crippen molar-refractivity contribution in [1.82, 2.24) is 8.87 Å². The molecular weight excluding hydrogens is 398 g/mol. The van der Waals surface area contributed by atoms with Gasteiger partial charge >= 0.3 is 5.69 Å². The van der Waals surface area contributed by atoms with Gasteiger partial charge in [0.2, 0.25) is 15.8 Å². The number of benzene rings is 1. The van der Waals surface area contributed by atoms with Crippen LogP contribution in [-0.2, 0) is 17.1 Å². The van der Waals surface area contributed by atoms with Crippen molar-refractivity contribution in [1.29, 1.82) is 0 Å². The molecular formula is C19H23N3O6S. The summed E-state index contributed by atoms with van der Waals surface area (Å²) in [5.41, 5.74) is 1.69. The van der Waals surface area contributed by atoms with Crippen LogP contribution in [0.25, 0.3) is 0 Å². The van der Waals surface area contributed by atoms with E-state index >= 15 is 0 Å². The van der Waals surface area contributed by atoms with E-state index in [0.29, 0.717) is 18.7 Å². The van der Waals surface area contributed by atoms with Crippen LogP contribution in [0.3, 0.4) is 0 Å². The van der Waals surface area contributed by atoms with Gasteiger partial charge in [0.25, 0.3) is 0 Å². The van der Waals surface area contributed by atoms with Crippen molar-refractivity contribution in [2.45, 2.75) is 31.6 Å². The molecule has 1 fully saturated rings. The number of nitrogens with zero attached hydrogens (tertiary/aromatic N) is 3. The van der Waals surface area contributed by atoms with Crippen LogP contribution in [0.2, 0.25) is 0 Å².